The molecular formula is C15H23ClN2O2. The zero-order valence-corrected chi connectivity index (χ0v) is 12.6. The van der Waals surface area contributed by atoms with Crippen molar-refractivity contribution in [3.63, 3.8) is 0 Å². The summed E-state index contributed by atoms with van der Waals surface area (Å²) in [5, 5.41) is 2.97. The lowest BCUT2D eigenvalue weighted by molar-refractivity contribution is -0.117. The average Bonchev–Trinajstić information content (AvgIpc) is 2.78. The lowest BCUT2D eigenvalue weighted by atomic mass is 10.00. The van der Waals surface area contributed by atoms with Gasteiger partial charge in [-0.1, -0.05) is 24.6 Å². The molecule has 0 spiro atoms. The normalized spacial score (nSPS) is 21.3. The fraction of sp³-hybridized carbons (Fsp3) is 0.533. The van der Waals surface area contributed by atoms with Gasteiger partial charge in [-0.25, -0.2) is 0 Å². The van der Waals surface area contributed by atoms with Gasteiger partial charge in [0.25, 0.3) is 0 Å². The van der Waals surface area contributed by atoms with Gasteiger partial charge in [0.2, 0.25) is 5.91 Å². The van der Waals surface area contributed by atoms with Crippen LogP contribution in [-0.2, 0) is 16.1 Å². The molecule has 0 heterocycles. The Morgan fingerprint density at radius 2 is 2.15 bits per heavy atom. The van der Waals surface area contributed by atoms with Gasteiger partial charge in [-0.3, -0.25) is 4.79 Å². The third-order valence-corrected chi connectivity index (χ3v) is 3.76. The maximum Gasteiger partial charge on any atom is 0.224 e. The van der Waals surface area contributed by atoms with Gasteiger partial charge in [0.15, 0.2) is 0 Å². The van der Waals surface area contributed by atoms with Crippen LogP contribution in [0.25, 0.3) is 0 Å². The molecule has 1 amide bonds. The second kappa shape index (κ2) is 8.25. The van der Waals surface area contributed by atoms with E-state index in [1.807, 2.05) is 24.3 Å². The van der Waals surface area contributed by atoms with Crippen LogP contribution in [0.4, 0.5) is 5.69 Å². The Bertz CT molecular complexity index is 440. The van der Waals surface area contributed by atoms with Gasteiger partial charge in [-0.15, -0.1) is 12.4 Å². The van der Waals surface area contributed by atoms with Gasteiger partial charge in [-0.2, -0.15) is 0 Å². The molecule has 0 aromatic heterocycles. The number of nitrogens with two attached hydrogens (primary N) is 1. The second-order valence-corrected chi connectivity index (χ2v) is 5.20. The Labute approximate surface area is 126 Å². The fourth-order valence-electron chi connectivity index (χ4n) is 2.68. The van der Waals surface area contributed by atoms with E-state index in [1.54, 1.807) is 7.11 Å². The first kappa shape index (κ1) is 17.0. The van der Waals surface area contributed by atoms with Crippen molar-refractivity contribution in [1.82, 2.24) is 0 Å². The van der Waals surface area contributed by atoms with E-state index in [4.69, 9.17) is 10.5 Å². The molecule has 2 atom stereocenters. The SMILES string of the molecule is COCc1ccccc1NC(=O)C[C@@H]1CCC[C@H]1N.Cl. The molecule has 1 aliphatic carbocycles. The minimum absolute atomic E-state index is 0. The fourth-order valence-corrected chi connectivity index (χ4v) is 2.68. The van der Waals surface area contributed by atoms with Gasteiger partial charge < -0.3 is 15.8 Å². The lowest BCUT2D eigenvalue weighted by Crippen LogP contribution is -2.28. The quantitative estimate of drug-likeness (QED) is 0.878. The van der Waals surface area contributed by atoms with Gasteiger partial charge in [0, 0.05) is 30.8 Å². The molecule has 112 valence electrons. The molecule has 1 fully saturated rings. The summed E-state index contributed by atoms with van der Waals surface area (Å²) in [6.45, 7) is 0.499. The van der Waals surface area contributed by atoms with Crippen LogP contribution in [0.3, 0.4) is 0 Å². The van der Waals surface area contributed by atoms with E-state index >= 15 is 0 Å². The summed E-state index contributed by atoms with van der Waals surface area (Å²) in [5.74, 6) is 0.375. The first-order valence-corrected chi connectivity index (χ1v) is 6.83. The number of carbonyl (C=O) groups excluding carboxylic acids is 1. The summed E-state index contributed by atoms with van der Waals surface area (Å²) < 4.78 is 5.13. The van der Waals surface area contributed by atoms with Gasteiger partial charge in [0.1, 0.15) is 0 Å². The summed E-state index contributed by atoms with van der Waals surface area (Å²) in [4.78, 5) is 12.1. The number of benzene rings is 1. The first-order valence-electron chi connectivity index (χ1n) is 6.83. The molecule has 0 aliphatic heterocycles. The van der Waals surface area contributed by atoms with Crippen LogP contribution in [0.15, 0.2) is 24.3 Å². The third kappa shape index (κ3) is 4.47. The number of hydrogen-bond donors (Lipinski definition) is 2. The Kier molecular flexibility index (Phi) is 6.99. The number of ether oxygens (including phenoxy) is 1. The number of anilines is 1. The smallest absolute Gasteiger partial charge is 0.224 e. The van der Waals surface area contributed by atoms with Crippen molar-refractivity contribution < 1.29 is 9.53 Å². The average molecular weight is 299 g/mol. The first-order chi connectivity index (χ1) is 9.20. The Morgan fingerprint density at radius 1 is 1.40 bits per heavy atom. The minimum Gasteiger partial charge on any atom is -0.380 e. The molecule has 0 radical (unpaired) electrons. The van der Waals surface area contributed by atoms with E-state index in [0.717, 1.165) is 30.5 Å². The maximum atomic E-state index is 12.1. The van der Waals surface area contributed by atoms with Gasteiger partial charge in [0.05, 0.1) is 6.61 Å². The van der Waals surface area contributed by atoms with E-state index in [-0.39, 0.29) is 24.4 Å². The molecule has 0 unspecified atom stereocenters. The van der Waals surface area contributed by atoms with E-state index in [2.05, 4.69) is 5.32 Å². The minimum atomic E-state index is 0. The summed E-state index contributed by atoms with van der Waals surface area (Å²) in [7, 11) is 1.65. The number of methoxy groups -OCH3 is 1. The van der Waals surface area contributed by atoms with Crippen molar-refractivity contribution >= 4 is 24.0 Å². The number of hydrogen-bond acceptors (Lipinski definition) is 3. The number of amides is 1. The molecule has 3 N–H and O–H groups in total. The van der Waals surface area contributed by atoms with Gasteiger partial charge >= 0.3 is 0 Å². The van der Waals surface area contributed by atoms with Crippen LogP contribution in [0, 0.1) is 5.92 Å². The molecule has 0 saturated heterocycles. The standard InChI is InChI=1S/C15H22N2O2.ClH/c1-19-10-12-5-2-3-8-14(12)17-15(18)9-11-6-4-7-13(11)16;/h2-3,5,8,11,13H,4,6-7,9-10,16H2,1H3,(H,17,18);1H/t11-,13+;/m0./s1. The number of para-hydroxylation sites is 1. The topological polar surface area (TPSA) is 64.3 Å². The molecule has 1 aliphatic rings. The highest BCUT2D eigenvalue weighted by Gasteiger charge is 2.26. The molecule has 1 aromatic carbocycles. The van der Waals surface area contributed by atoms with Crippen LogP contribution in [0.5, 0.6) is 0 Å². The Hall–Kier alpha value is -1.10. The monoisotopic (exact) mass is 298 g/mol. The number of rotatable bonds is 5. The Morgan fingerprint density at radius 3 is 2.80 bits per heavy atom. The van der Waals surface area contributed by atoms with Gasteiger partial charge in [-0.05, 0) is 24.8 Å². The summed E-state index contributed by atoms with van der Waals surface area (Å²) >= 11 is 0. The van der Waals surface area contributed by atoms with Crippen molar-refractivity contribution in [2.24, 2.45) is 11.7 Å². The van der Waals surface area contributed by atoms with Crippen molar-refractivity contribution in [2.75, 3.05) is 12.4 Å². The number of nitrogens with one attached hydrogen (secondary N) is 1. The highest BCUT2D eigenvalue weighted by molar-refractivity contribution is 5.91. The Balaban J connectivity index is 0.00000200. The summed E-state index contributed by atoms with van der Waals surface area (Å²) in [5.41, 5.74) is 7.83. The molecule has 1 saturated carbocycles. The molecular weight excluding hydrogens is 276 g/mol. The maximum absolute atomic E-state index is 12.1. The molecule has 1 aromatic rings. The predicted octanol–water partition coefficient (Wildman–Crippen LogP) is 2.71. The van der Waals surface area contributed by atoms with E-state index < -0.39 is 0 Å². The summed E-state index contributed by atoms with van der Waals surface area (Å²) in [6.07, 6.45) is 3.76. The second-order valence-electron chi connectivity index (χ2n) is 5.20. The van der Waals surface area contributed by atoms with Crippen LogP contribution < -0.4 is 11.1 Å². The van der Waals surface area contributed by atoms with E-state index in [1.165, 1.54) is 0 Å². The summed E-state index contributed by atoms with van der Waals surface area (Å²) in [6, 6.07) is 7.90. The van der Waals surface area contributed by atoms with Crippen LogP contribution in [0.1, 0.15) is 31.2 Å². The van der Waals surface area contributed by atoms with E-state index in [9.17, 15) is 4.79 Å². The number of halogens is 1. The van der Waals surface area contributed by atoms with E-state index in [0.29, 0.717) is 18.9 Å². The van der Waals surface area contributed by atoms with Crippen molar-refractivity contribution in [3.05, 3.63) is 29.8 Å². The highest BCUT2D eigenvalue weighted by Crippen LogP contribution is 2.27. The van der Waals surface area contributed by atoms with Crippen LogP contribution >= 0.6 is 12.4 Å². The molecule has 20 heavy (non-hydrogen) atoms. The molecule has 2 rings (SSSR count). The largest absolute Gasteiger partial charge is 0.380 e. The van der Waals surface area contributed by atoms with Crippen molar-refractivity contribution in [1.29, 1.82) is 0 Å². The lowest BCUT2D eigenvalue weighted by Gasteiger charge is -2.16. The molecule has 0 bridgehead atoms. The van der Waals surface area contributed by atoms with Crippen molar-refractivity contribution in [3.8, 4) is 0 Å². The number of carbonyl (C=O) groups is 1. The van der Waals surface area contributed by atoms with Crippen LogP contribution in [-0.4, -0.2) is 19.1 Å². The zero-order chi connectivity index (χ0) is 13.7. The van der Waals surface area contributed by atoms with Crippen LogP contribution in [0.2, 0.25) is 0 Å². The third-order valence-electron chi connectivity index (χ3n) is 3.76. The molecule has 5 heteroatoms. The zero-order valence-electron chi connectivity index (χ0n) is 11.8. The van der Waals surface area contributed by atoms with Crippen molar-refractivity contribution in [2.45, 2.75) is 38.3 Å². The predicted molar refractivity (Wildman–Crippen MR) is 83.0 cm³/mol. The highest BCUT2D eigenvalue weighted by atomic mass is 35.5. The molecule has 4 nitrogen and oxygen atoms in total.